The van der Waals surface area contributed by atoms with Crippen molar-refractivity contribution in [3.05, 3.63) is 46.9 Å². The van der Waals surface area contributed by atoms with Crippen LogP contribution in [0.2, 0.25) is 0 Å². The number of benzene rings is 1. The summed E-state index contributed by atoms with van der Waals surface area (Å²) in [6.45, 7) is 8.57. The summed E-state index contributed by atoms with van der Waals surface area (Å²) in [6, 6.07) is 8.12. The topological polar surface area (TPSA) is 58.1 Å². The molecule has 3 rings (SSSR count). The third-order valence-corrected chi connectivity index (χ3v) is 4.28. The normalized spacial score (nSPS) is 17.7. The lowest BCUT2D eigenvalue weighted by Crippen LogP contribution is -2.28. The number of aryl methyl sites for hydroxylation is 3. The minimum Gasteiger partial charge on any atom is -0.365 e. The maximum atomic E-state index is 12.4. The molecule has 2 heterocycles. The Morgan fingerprint density at radius 3 is 2.70 bits per heavy atom. The van der Waals surface area contributed by atoms with Crippen molar-refractivity contribution < 1.29 is 4.79 Å². The number of hydrogen-bond donors (Lipinski definition) is 1. The average molecular weight is 310 g/mol. The van der Waals surface area contributed by atoms with Crippen LogP contribution in [0.3, 0.4) is 0 Å². The van der Waals surface area contributed by atoms with Gasteiger partial charge in [0, 0.05) is 29.9 Å². The maximum Gasteiger partial charge on any atom is 0.229 e. The molecule has 0 saturated carbocycles. The molecule has 1 aliphatic heterocycles. The fraction of sp³-hybridized carbons (Fsp3) is 0.389. The first kappa shape index (κ1) is 15.5. The molecule has 23 heavy (non-hydrogen) atoms. The summed E-state index contributed by atoms with van der Waals surface area (Å²) >= 11 is 0. The van der Waals surface area contributed by atoms with Crippen LogP contribution in [0.4, 0.5) is 11.5 Å². The first-order valence-corrected chi connectivity index (χ1v) is 7.89. The lowest BCUT2D eigenvalue weighted by molar-refractivity contribution is -0.117. The molecule has 1 atom stereocenters. The van der Waals surface area contributed by atoms with Crippen molar-refractivity contribution in [2.24, 2.45) is 0 Å². The lowest BCUT2D eigenvalue weighted by Gasteiger charge is -2.19. The van der Waals surface area contributed by atoms with Crippen molar-refractivity contribution in [3.8, 4) is 0 Å². The van der Waals surface area contributed by atoms with E-state index in [1.807, 2.05) is 56.9 Å². The Balaban J connectivity index is 1.78. The van der Waals surface area contributed by atoms with E-state index in [0.29, 0.717) is 13.0 Å². The van der Waals surface area contributed by atoms with E-state index in [4.69, 9.17) is 0 Å². The van der Waals surface area contributed by atoms with Crippen molar-refractivity contribution in [1.82, 2.24) is 9.97 Å². The highest BCUT2D eigenvalue weighted by Gasteiger charge is 2.31. The molecule has 0 radical (unpaired) electrons. The number of nitrogens with one attached hydrogen (secondary N) is 1. The Kier molecular flexibility index (Phi) is 4.03. The Morgan fingerprint density at radius 2 is 1.96 bits per heavy atom. The van der Waals surface area contributed by atoms with Crippen molar-refractivity contribution >= 4 is 17.4 Å². The summed E-state index contributed by atoms with van der Waals surface area (Å²) in [7, 11) is 0. The van der Waals surface area contributed by atoms with Gasteiger partial charge in [-0.25, -0.2) is 9.97 Å². The van der Waals surface area contributed by atoms with Crippen LogP contribution in [0.5, 0.6) is 0 Å². The van der Waals surface area contributed by atoms with Crippen LogP contribution in [0.15, 0.2) is 24.3 Å². The van der Waals surface area contributed by atoms with Crippen molar-refractivity contribution in [2.75, 3.05) is 16.8 Å². The van der Waals surface area contributed by atoms with Gasteiger partial charge in [-0.3, -0.25) is 4.79 Å². The van der Waals surface area contributed by atoms with E-state index in [2.05, 4.69) is 15.3 Å². The minimum absolute atomic E-state index is 0.0652. The molecular formula is C18H22N4O. The number of carbonyl (C=O) groups excluding carboxylic acids is 1. The molecule has 1 N–H and O–H groups in total. The number of rotatable bonds is 3. The van der Waals surface area contributed by atoms with Crippen LogP contribution in [0.25, 0.3) is 0 Å². The Morgan fingerprint density at radius 1 is 1.17 bits per heavy atom. The van der Waals surface area contributed by atoms with Gasteiger partial charge in [-0.1, -0.05) is 12.1 Å². The summed E-state index contributed by atoms with van der Waals surface area (Å²) in [5, 5.41) is 3.42. The number of carbonyl (C=O) groups is 1. The zero-order chi connectivity index (χ0) is 16.6. The monoisotopic (exact) mass is 310 g/mol. The molecule has 2 aromatic rings. The number of nitrogens with zero attached hydrogens (tertiary/aromatic N) is 3. The van der Waals surface area contributed by atoms with Crippen LogP contribution in [0, 0.1) is 27.7 Å². The number of amides is 1. The third kappa shape index (κ3) is 3.18. The molecule has 5 heteroatoms. The molecule has 0 bridgehead atoms. The number of anilines is 2. The second-order valence-corrected chi connectivity index (χ2v) is 6.22. The molecule has 120 valence electrons. The summed E-state index contributed by atoms with van der Waals surface area (Å²) in [5.74, 6) is 1.72. The average Bonchev–Trinajstić information content (AvgIpc) is 2.85. The van der Waals surface area contributed by atoms with E-state index < -0.39 is 0 Å². The quantitative estimate of drug-likeness (QED) is 0.947. The van der Waals surface area contributed by atoms with Gasteiger partial charge in [0.15, 0.2) is 0 Å². The highest BCUT2D eigenvalue weighted by molar-refractivity contribution is 5.96. The van der Waals surface area contributed by atoms with Crippen LogP contribution in [-0.4, -0.2) is 28.5 Å². The fourth-order valence-corrected chi connectivity index (χ4v) is 2.95. The third-order valence-electron chi connectivity index (χ3n) is 4.28. The van der Waals surface area contributed by atoms with Crippen molar-refractivity contribution in [2.45, 2.75) is 40.2 Å². The minimum atomic E-state index is 0.0652. The summed E-state index contributed by atoms with van der Waals surface area (Å²) in [5.41, 5.74) is 4.13. The zero-order valence-corrected chi connectivity index (χ0v) is 14.1. The molecule has 1 amide bonds. The Hall–Kier alpha value is -2.43. The maximum absolute atomic E-state index is 12.4. The molecule has 1 unspecified atom stereocenters. The highest BCUT2D eigenvalue weighted by Crippen LogP contribution is 2.25. The first-order chi connectivity index (χ1) is 10.9. The number of hydrogen-bond acceptors (Lipinski definition) is 4. The summed E-state index contributed by atoms with van der Waals surface area (Å²) < 4.78 is 0. The van der Waals surface area contributed by atoms with Crippen LogP contribution in [0.1, 0.15) is 29.1 Å². The van der Waals surface area contributed by atoms with E-state index in [1.165, 1.54) is 0 Å². The van der Waals surface area contributed by atoms with Crippen molar-refractivity contribution in [3.63, 3.8) is 0 Å². The molecule has 5 nitrogen and oxygen atoms in total. The molecule has 1 fully saturated rings. The van der Waals surface area contributed by atoms with Gasteiger partial charge in [0.2, 0.25) is 5.91 Å². The first-order valence-electron chi connectivity index (χ1n) is 7.89. The molecule has 0 spiro atoms. The number of aromatic nitrogens is 2. The molecule has 1 aliphatic rings. The van der Waals surface area contributed by atoms with Crippen molar-refractivity contribution in [1.29, 1.82) is 0 Å². The van der Waals surface area contributed by atoms with Crippen LogP contribution >= 0.6 is 0 Å². The van der Waals surface area contributed by atoms with Gasteiger partial charge in [0.1, 0.15) is 11.6 Å². The fourth-order valence-electron chi connectivity index (χ4n) is 2.95. The van der Waals surface area contributed by atoms with Gasteiger partial charge in [0.25, 0.3) is 0 Å². The summed E-state index contributed by atoms with van der Waals surface area (Å²) in [4.78, 5) is 23.1. The molecular weight excluding hydrogens is 288 g/mol. The van der Waals surface area contributed by atoms with Gasteiger partial charge in [-0.15, -0.1) is 0 Å². The van der Waals surface area contributed by atoms with E-state index in [0.717, 1.165) is 34.2 Å². The van der Waals surface area contributed by atoms with E-state index in [9.17, 15) is 4.79 Å². The smallest absolute Gasteiger partial charge is 0.229 e. The van der Waals surface area contributed by atoms with Crippen LogP contribution < -0.4 is 10.2 Å². The van der Waals surface area contributed by atoms with Gasteiger partial charge in [-0.2, -0.15) is 0 Å². The second-order valence-electron chi connectivity index (χ2n) is 6.22. The summed E-state index contributed by atoms with van der Waals surface area (Å²) in [6.07, 6.45) is 0.482. The van der Waals surface area contributed by atoms with Gasteiger partial charge >= 0.3 is 0 Å². The standard InChI is InChI=1S/C18H22N4O/c1-11-6-5-7-16(8-11)22-10-15(9-17(22)23)21-18-12(2)13(3)19-14(4)20-18/h5-8,15H,9-10H2,1-4H3,(H,19,20,21). The van der Waals surface area contributed by atoms with E-state index in [1.54, 1.807) is 0 Å². The lowest BCUT2D eigenvalue weighted by atomic mass is 10.2. The largest absolute Gasteiger partial charge is 0.365 e. The predicted octanol–water partition coefficient (Wildman–Crippen LogP) is 2.93. The predicted molar refractivity (Wildman–Crippen MR) is 91.8 cm³/mol. The molecule has 0 aliphatic carbocycles. The zero-order valence-electron chi connectivity index (χ0n) is 14.1. The Labute approximate surface area is 136 Å². The Bertz CT molecular complexity index is 757. The van der Waals surface area contributed by atoms with E-state index in [-0.39, 0.29) is 11.9 Å². The van der Waals surface area contributed by atoms with Gasteiger partial charge < -0.3 is 10.2 Å². The molecule has 1 aromatic carbocycles. The SMILES string of the molecule is Cc1cccc(N2CC(Nc3nc(C)nc(C)c3C)CC2=O)c1. The van der Waals surface area contributed by atoms with E-state index >= 15 is 0 Å². The molecule has 1 saturated heterocycles. The van der Waals surface area contributed by atoms with Crippen LogP contribution in [-0.2, 0) is 4.79 Å². The highest BCUT2D eigenvalue weighted by atomic mass is 16.2. The molecule has 1 aromatic heterocycles. The second kappa shape index (κ2) is 5.99. The van der Waals surface area contributed by atoms with Gasteiger partial charge in [0.05, 0.1) is 6.04 Å². The van der Waals surface area contributed by atoms with Gasteiger partial charge in [-0.05, 0) is 45.4 Å².